The predicted octanol–water partition coefficient (Wildman–Crippen LogP) is 4.02. The molecule has 0 unspecified atom stereocenters. The van der Waals surface area contributed by atoms with Crippen LogP contribution in [0.5, 0.6) is 0 Å². The van der Waals surface area contributed by atoms with Crippen molar-refractivity contribution < 1.29 is 4.79 Å². The minimum Gasteiger partial charge on any atom is -0.350 e. The molecule has 1 aliphatic heterocycles. The zero-order valence-electron chi connectivity index (χ0n) is 13.0. The molecule has 3 nitrogen and oxygen atoms in total. The third-order valence-corrected chi connectivity index (χ3v) is 5.03. The normalized spacial score (nSPS) is 16.2. The highest BCUT2D eigenvalue weighted by molar-refractivity contribution is 9.10. The topological polar surface area (TPSA) is 32.3 Å². The Labute approximate surface area is 145 Å². The van der Waals surface area contributed by atoms with Gasteiger partial charge in [0.15, 0.2) is 0 Å². The monoisotopic (exact) mass is 372 g/mol. The van der Waals surface area contributed by atoms with Gasteiger partial charge in [-0.25, -0.2) is 0 Å². The molecule has 1 saturated heterocycles. The molecule has 1 heterocycles. The summed E-state index contributed by atoms with van der Waals surface area (Å²) in [6.45, 7) is 2.83. The molecule has 1 fully saturated rings. The molecular weight excluding hydrogens is 352 g/mol. The van der Waals surface area contributed by atoms with Crippen LogP contribution in [-0.2, 0) is 0 Å². The van der Waals surface area contributed by atoms with Gasteiger partial charge in [-0.05, 0) is 59.6 Å². The number of carbonyl (C=O) groups is 1. The molecule has 4 heteroatoms. The van der Waals surface area contributed by atoms with E-state index in [1.165, 1.54) is 18.4 Å². The third kappa shape index (κ3) is 4.01. The van der Waals surface area contributed by atoms with Gasteiger partial charge in [-0.15, -0.1) is 0 Å². The minimum atomic E-state index is -0.0300. The number of nitrogens with one attached hydrogen (secondary N) is 1. The lowest BCUT2D eigenvalue weighted by Crippen LogP contribution is -2.36. The van der Waals surface area contributed by atoms with Crippen LogP contribution in [0.25, 0.3) is 0 Å². The Bertz CT molecular complexity index is 653. The van der Waals surface area contributed by atoms with E-state index < -0.39 is 0 Å². The summed E-state index contributed by atoms with van der Waals surface area (Å²) >= 11 is 3.44. The van der Waals surface area contributed by atoms with Gasteiger partial charge in [0, 0.05) is 11.0 Å². The van der Waals surface area contributed by atoms with E-state index in [9.17, 15) is 4.79 Å². The number of carbonyl (C=O) groups excluding carboxylic acids is 1. The van der Waals surface area contributed by atoms with Gasteiger partial charge < -0.3 is 5.32 Å². The Kier molecular flexibility index (Phi) is 5.47. The predicted molar refractivity (Wildman–Crippen MR) is 96.5 cm³/mol. The quantitative estimate of drug-likeness (QED) is 0.859. The van der Waals surface area contributed by atoms with Gasteiger partial charge in [0.05, 0.1) is 11.6 Å². The second-order valence-electron chi connectivity index (χ2n) is 5.86. The van der Waals surface area contributed by atoms with Gasteiger partial charge in [0.2, 0.25) is 0 Å². The summed E-state index contributed by atoms with van der Waals surface area (Å²) < 4.78 is 0.829. The van der Waals surface area contributed by atoms with Crippen molar-refractivity contribution in [3.63, 3.8) is 0 Å². The van der Waals surface area contributed by atoms with Gasteiger partial charge in [-0.1, -0.05) is 42.5 Å². The molecule has 23 heavy (non-hydrogen) atoms. The maximum Gasteiger partial charge on any atom is 0.252 e. The molecule has 1 atom stereocenters. The van der Waals surface area contributed by atoms with Crippen LogP contribution < -0.4 is 5.32 Å². The highest BCUT2D eigenvalue weighted by Gasteiger charge is 2.24. The van der Waals surface area contributed by atoms with Crippen LogP contribution in [0.4, 0.5) is 0 Å². The van der Waals surface area contributed by atoms with Gasteiger partial charge in [0.25, 0.3) is 5.91 Å². The summed E-state index contributed by atoms with van der Waals surface area (Å²) in [6, 6.07) is 18.2. The Morgan fingerprint density at radius 3 is 2.39 bits per heavy atom. The summed E-state index contributed by atoms with van der Waals surface area (Å²) in [7, 11) is 0. The molecule has 120 valence electrons. The maximum atomic E-state index is 12.5. The van der Waals surface area contributed by atoms with Gasteiger partial charge in [-0.3, -0.25) is 9.69 Å². The Morgan fingerprint density at radius 1 is 1.04 bits per heavy atom. The lowest BCUT2D eigenvalue weighted by atomic mass is 10.1. The first kappa shape index (κ1) is 16.2. The fraction of sp³-hybridized carbons (Fsp3) is 0.316. The lowest BCUT2D eigenvalue weighted by molar-refractivity contribution is 0.0937. The molecule has 2 aromatic rings. The van der Waals surface area contributed by atoms with Crippen molar-refractivity contribution in [2.75, 3.05) is 19.6 Å². The minimum absolute atomic E-state index is 0.0300. The van der Waals surface area contributed by atoms with Crippen LogP contribution in [0.1, 0.15) is 34.8 Å². The van der Waals surface area contributed by atoms with Crippen LogP contribution in [0.2, 0.25) is 0 Å². The van der Waals surface area contributed by atoms with E-state index in [1.54, 1.807) is 0 Å². The number of likely N-dealkylation sites (tertiary alicyclic amines) is 1. The van der Waals surface area contributed by atoms with Crippen molar-refractivity contribution in [1.29, 1.82) is 0 Å². The number of halogens is 1. The summed E-state index contributed by atoms with van der Waals surface area (Å²) in [6.07, 6.45) is 2.48. The van der Waals surface area contributed by atoms with Crippen molar-refractivity contribution >= 4 is 21.8 Å². The van der Waals surface area contributed by atoms with Crippen LogP contribution >= 0.6 is 15.9 Å². The highest BCUT2D eigenvalue weighted by Crippen LogP contribution is 2.24. The zero-order valence-corrected chi connectivity index (χ0v) is 14.6. The average molecular weight is 373 g/mol. The van der Waals surface area contributed by atoms with Crippen LogP contribution in [0.3, 0.4) is 0 Å². The second kappa shape index (κ2) is 7.75. The van der Waals surface area contributed by atoms with Crippen LogP contribution in [0.15, 0.2) is 59.1 Å². The number of nitrogens with zero attached hydrogens (tertiary/aromatic N) is 1. The molecule has 0 bridgehead atoms. The van der Waals surface area contributed by atoms with Crippen LogP contribution in [-0.4, -0.2) is 30.4 Å². The largest absolute Gasteiger partial charge is 0.350 e. The summed E-state index contributed by atoms with van der Waals surface area (Å²) in [5.41, 5.74) is 1.95. The fourth-order valence-corrected chi connectivity index (χ4v) is 3.58. The number of rotatable bonds is 5. The molecule has 0 saturated carbocycles. The first-order valence-corrected chi connectivity index (χ1v) is 8.87. The van der Waals surface area contributed by atoms with E-state index in [0.29, 0.717) is 12.1 Å². The molecule has 1 N–H and O–H groups in total. The van der Waals surface area contributed by atoms with Crippen molar-refractivity contribution in [3.05, 3.63) is 70.2 Å². The second-order valence-corrected chi connectivity index (χ2v) is 6.71. The van der Waals surface area contributed by atoms with Crippen molar-refractivity contribution in [2.45, 2.75) is 18.9 Å². The van der Waals surface area contributed by atoms with Crippen molar-refractivity contribution in [2.24, 2.45) is 0 Å². The van der Waals surface area contributed by atoms with Crippen LogP contribution in [0, 0.1) is 0 Å². The molecule has 1 amide bonds. The molecule has 3 rings (SSSR count). The summed E-state index contributed by atoms with van der Waals surface area (Å²) in [5, 5.41) is 3.10. The van der Waals surface area contributed by atoms with E-state index in [1.807, 2.05) is 30.3 Å². The van der Waals surface area contributed by atoms with E-state index in [-0.39, 0.29) is 11.9 Å². The number of amides is 1. The van der Waals surface area contributed by atoms with Gasteiger partial charge in [-0.2, -0.15) is 0 Å². The van der Waals surface area contributed by atoms with Gasteiger partial charge in [0.1, 0.15) is 0 Å². The molecule has 0 aliphatic carbocycles. The number of benzene rings is 2. The Morgan fingerprint density at radius 2 is 1.70 bits per heavy atom. The maximum absolute atomic E-state index is 12.5. The molecule has 0 radical (unpaired) electrons. The lowest BCUT2D eigenvalue weighted by Gasteiger charge is -2.28. The third-order valence-electron chi connectivity index (χ3n) is 4.34. The highest BCUT2D eigenvalue weighted by atomic mass is 79.9. The Hall–Kier alpha value is -1.65. The summed E-state index contributed by atoms with van der Waals surface area (Å²) in [4.78, 5) is 14.9. The first-order chi connectivity index (χ1) is 11.3. The summed E-state index contributed by atoms with van der Waals surface area (Å²) in [5.74, 6) is -0.0300. The zero-order chi connectivity index (χ0) is 16.1. The number of hydrogen-bond acceptors (Lipinski definition) is 2. The van der Waals surface area contributed by atoms with E-state index in [4.69, 9.17) is 0 Å². The fourth-order valence-electron chi connectivity index (χ4n) is 3.12. The molecule has 2 aromatic carbocycles. The van der Waals surface area contributed by atoms with Crippen molar-refractivity contribution in [3.8, 4) is 0 Å². The van der Waals surface area contributed by atoms with Crippen molar-refractivity contribution in [1.82, 2.24) is 10.2 Å². The van der Waals surface area contributed by atoms with E-state index in [0.717, 1.165) is 17.6 Å². The van der Waals surface area contributed by atoms with E-state index in [2.05, 4.69) is 50.4 Å². The average Bonchev–Trinajstić information content (AvgIpc) is 3.10. The number of hydrogen-bond donors (Lipinski definition) is 1. The molecule has 0 aromatic heterocycles. The molecule has 1 aliphatic rings. The molecular formula is C19H21BrN2O. The first-order valence-electron chi connectivity index (χ1n) is 8.07. The van der Waals surface area contributed by atoms with Gasteiger partial charge >= 0.3 is 0 Å². The SMILES string of the molecule is O=C(NC[C@@H](c1ccccc1)N1CCCC1)c1ccccc1Br. The molecule has 0 spiro atoms. The standard InChI is InChI=1S/C19H21BrN2O/c20-17-11-5-4-10-16(17)19(23)21-14-18(22-12-6-7-13-22)15-8-2-1-3-9-15/h1-5,8-11,18H,6-7,12-14H2,(H,21,23)/t18-/m0/s1. The smallest absolute Gasteiger partial charge is 0.252 e. The van der Waals surface area contributed by atoms with E-state index >= 15 is 0 Å². The Balaban J connectivity index is 1.72.